The highest BCUT2D eigenvalue weighted by Gasteiger charge is 2.20. The van der Waals surface area contributed by atoms with Crippen molar-refractivity contribution in [1.29, 1.82) is 0 Å². The largest absolute Gasteiger partial charge is 0.733 e. The fraction of sp³-hybridized carbons (Fsp3) is 0.308. The average molecular weight is 260 g/mol. The van der Waals surface area contributed by atoms with Gasteiger partial charge < -0.3 is 20.2 Å². The first-order valence-electron chi connectivity index (χ1n) is 6.02. The van der Waals surface area contributed by atoms with Crippen molar-refractivity contribution in [2.45, 2.75) is 13.3 Å². The summed E-state index contributed by atoms with van der Waals surface area (Å²) in [7, 11) is 1.46. The molecule has 0 aliphatic carbocycles. The lowest BCUT2D eigenvalue weighted by Crippen LogP contribution is -2.09. The van der Waals surface area contributed by atoms with Gasteiger partial charge in [-0.1, -0.05) is 0 Å². The number of ether oxygens (including phenoxy) is 1. The van der Waals surface area contributed by atoms with Crippen molar-refractivity contribution in [3.8, 4) is 5.75 Å². The van der Waals surface area contributed by atoms with Crippen molar-refractivity contribution in [1.82, 2.24) is 4.98 Å². The predicted octanol–water partition coefficient (Wildman–Crippen LogP) is 2.24. The standard InChI is InChI=1S/C13H14N3O3/c1-7-11-9(5-6-14-7)8-3-4-10(19-2)13(16(17)18)12(8)15-11/h3-4,15,17H,5-6H2,1-2H3/q-1. The van der Waals surface area contributed by atoms with Crippen molar-refractivity contribution in [3.05, 3.63) is 28.6 Å². The Morgan fingerprint density at radius 3 is 2.95 bits per heavy atom. The lowest BCUT2D eigenvalue weighted by molar-refractivity contribution is 0.291. The number of nitrogens with one attached hydrogen (secondary N) is 1. The summed E-state index contributed by atoms with van der Waals surface area (Å²) in [5.74, 6) is 0.332. The molecule has 0 saturated heterocycles. The third kappa shape index (κ3) is 1.68. The van der Waals surface area contributed by atoms with Gasteiger partial charge >= 0.3 is 0 Å². The normalized spacial score (nSPS) is 14.2. The molecule has 1 aliphatic heterocycles. The third-order valence-electron chi connectivity index (χ3n) is 3.50. The van der Waals surface area contributed by atoms with E-state index in [1.54, 1.807) is 6.07 Å². The Balaban J connectivity index is 2.36. The van der Waals surface area contributed by atoms with Crippen LogP contribution in [0.5, 0.6) is 5.75 Å². The van der Waals surface area contributed by atoms with Crippen molar-refractivity contribution in [3.63, 3.8) is 0 Å². The molecular weight excluding hydrogens is 246 g/mol. The number of rotatable bonds is 2. The highest BCUT2D eigenvalue weighted by atomic mass is 16.8. The number of nitrogens with zero attached hydrogens (tertiary/aromatic N) is 2. The maximum atomic E-state index is 11.4. The van der Waals surface area contributed by atoms with Gasteiger partial charge in [0, 0.05) is 11.9 Å². The molecule has 0 spiro atoms. The second-order valence-corrected chi connectivity index (χ2v) is 4.51. The monoisotopic (exact) mass is 260 g/mol. The van der Waals surface area contributed by atoms with Crippen LogP contribution in [-0.4, -0.2) is 29.6 Å². The molecule has 3 rings (SSSR count). The zero-order chi connectivity index (χ0) is 13.6. The summed E-state index contributed by atoms with van der Waals surface area (Å²) >= 11 is 0. The van der Waals surface area contributed by atoms with E-state index in [1.165, 1.54) is 7.11 Å². The summed E-state index contributed by atoms with van der Waals surface area (Å²) in [6, 6.07) is 3.59. The summed E-state index contributed by atoms with van der Waals surface area (Å²) < 4.78 is 5.12. The Kier molecular flexibility index (Phi) is 2.69. The minimum Gasteiger partial charge on any atom is -0.733 e. The first-order chi connectivity index (χ1) is 9.13. The Bertz CT molecular complexity index is 673. The first kappa shape index (κ1) is 12.0. The lowest BCUT2D eigenvalue weighted by Gasteiger charge is -2.24. The number of aliphatic imine (C=N–C) groups is 1. The van der Waals surface area contributed by atoms with Crippen LogP contribution in [0.2, 0.25) is 0 Å². The number of methoxy groups -OCH3 is 1. The van der Waals surface area contributed by atoms with Gasteiger partial charge in [0.05, 0.1) is 24.0 Å². The van der Waals surface area contributed by atoms with Gasteiger partial charge in [0.25, 0.3) is 0 Å². The number of fused-ring (bicyclic) bond motifs is 3. The van der Waals surface area contributed by atoms with E-state index in [1.807, 2.05) is 13.0 Å². The molecule has 0 amide bonds. The van der Waals surface area contributed by atoms with E-state index in [-0.39, 0.29) is 10.9 Å². The predicted molar refractivity (Wildman–Crippen MR) is 73.3 cm³/mol. The molecule has 2 N–H and O–H groups in total. The summed E-state index contributed by atoms with van der Waals surface area (Å²) in [6.45, 7) is 2.67. The number of hydrogen-bond donors (Lipinski definition) is 2. The molecule has 100 valence electrons. The minimum absolute atomic E-state index is 0.0993. The van der Waals surface area contributed by atoms with Gasteiger partial charge in [-0.2, -0.15) is 0 Å². The molecule has 1 aliphatic rings. The Labute approximate surface area is 109 Å². The van der Waals surface area contributed by atoms with Crippen LogP contribution in [-0.2, 0) is 6.42 Å². The summed E-state index contributed by atoms with van der Waals surface area (Å²) in [5, 5.41) is 21.5. The van der Waals surface area contributed by atoms with E-state index < -0.39 is 0 Å². The van der Waals surface area contributed by atoms with E-state index >= 15 is 0 Å². The van der Waals surface area contributed by atoms with Crippen LogP contribution in [0.25, 0.3) is 10.9 Å². The molecule has 0 radical (unpaired) electrons. The number of benzene rings is 1. The molecule has 19 heavy (non-hydrogen) atoms. The van der Waals surface area contributed by atoms with Gasteiger partial charge in [-0.3, -0.25) is 10.2 Å². The number of anilines is 1. The molecule has 6 heteroatoms. The zero-order valence-electron chi connectivity index (χ0n) is 10.7. The Hall–Kier alpha value is -2.05. The molecule has 0 atom stereocenters. The van der Waals surface area contributed by atoms with Crippen molar-refractivity contribution >= 4 is 22.3 Å². The van der Waals surface area contributed by atoms with Gasteiger partial charge in [0.1, 0.15) is 11.4 Å². The van der Waals surface area contributed by atoms with Crippen molar-refractivity contribution in [2.75, 3.05) is 18.9 Å². The molecule has 1 aromatic carbocycles. The van der Waals surface area contributed by atoms with Crippen LogP contribution in [0, 0.1) is 5.21 Å². The highest BCUT2D eigenvalue weighted by Crippen LogP contribution is 2.38. The Morgan fingerprint density at radius 1 is 1.47 bits per heavy atom. The van der Waals surface area contributed by atoms with Crippen molar-refractivity contribution in [2.24, 2.45) is 4.99 Å². The van der Waals surface area contributed by atoms with Gasteiger partial charge in [0.2, 0.25) is 0 Å². The number of aromatic nitrogens is 1. The molecule has 6 nitrogen and oxygen atoms in total. The summed E-state index contributed by atoms with van der Waals surface area (Å²) in [4.78, 5) is 7.56. The van der Waals surface area contributed by atoms with Crippen LogP contribution in [0.1, 0.15) is 18.2 Å². The van der Waals surface area contributed by atoms with Crippen molar-refractivity contribution < 1.29 is 9.94 Å². The lowest BCUT2D eigenvalue weighted by atomic mass is 10.0. The molecule has 0 fully saturated rings. The maximum Gasteiger partial charge on any atom is 0.145 e. The molecule has 0 bridgehead atoms. The Morgan fingerprint density at radius 2 is 2.26 bits per heavy atom. The molecule has 0 unspecified atom stereocenters. The molecule has 2 aromatic rings. The summed E-state index contributed by atoms with van der Waals surface area (Å²) in [6.07, 6.45) is 0.822. The molecule has 0 saturated carbocycles. The topological polar surface area (TPSA) is 83.9 Å². The SMILES string of the molecule is COc1ccc2c3c([nH]c2c1N([O-])O)C(C)=NCC3. The second kappa shape index (κ2) is 4.25. The number of H-pyrrole nitrogens is 1. The van der Waals surface area contributed by atoms with E-state index in [0.29, 0.717) is 11.3 Å². The zero-order valence-corrected chi connectivity index (χ0v) is 10.7. The van der Waals surface area contributed by atoms with Gasteiger partial charge in [-0.15, -0.1) is 0 Å². The average Bonchev–Trinajstić information content (AvgIpc) is 2.77. The van der Waals surface area contributed by atoms with E-state index in [4.69, 9.17) is 4.74 Å². The van der Waals surface area contributed by atoms with E-state index in [0.717, 1.165) is 35.3 Å². The van der Waals surface area contributed by atoms with Crippen LogP contribution in [0.15, 0.2) is 17.1 Å². The first-order valence-corrected chi connectivity index (χ1v) is 6.02. The number of aromatic amines is 1. The van der Waals surface area contributed by atoms with E-state index in [9.17, 15) is 10.4 Å². The minimum atomic E-state index is -0.157. The van der Waals surface area contributed by atoms with Crippen LogP contribution < -0.4 is 9.96 Å². The molecule has 2 heterocycles. The maximum absolute atomic E-state index is 11.4. The second-order valence-electron chi connectivity index (χ2n) is 4.51. The quantitative estimate of drug-likeness (QED) is 0.811. The van der Waals surface area contributed by atoms with Crippen LogP contribution in [0.3, 0.4) is 0 Å². The van der Waals surface area contributed by atoms with Crippen LogP contribution in [0.4, 0.5) is 5.69 Å². The van der Waals surface area contributed by atoms with Crippen LogP contribution >= 0.6 is 0 Å². The smallest absolute Gasteiger partial charge is 0.145 e. The fourth-order valence-corrected chi connectivity index (χ4v) is 2.62. The summed E-state index contributed by atoms with van der Waals surface area (Å²) in [5.41, 5.74) is 3.66. The van der Waals surface area contributed by atoms with Gasteiger partial charge in [-0.25, -0.2) is 0 Å². The third-order valence-corrected chi connectivity index (χ3v) is 3.50. The highest BCUT2D eigenvalue weighted by molar-refractivity contribution is 6.08. The molecular formula is C13H14N3O3-. The number of hydrogen-bond acceptors (Lipinski definition) is 5. The van der Waals surface area contributed by atoms with Gasteiger partial charge in [-0.05, 0) is 31.0 Å². The van der Waals surface area contributed by atoms with Gasteiger partial charge in [0.15, 0.2) is 0 Å². The fourth-order valence-electron chi connectivity index (χ4n) is 2.62. The molecule has 1 aromatic heterocycles. The van der Waals surface area contributed by atoms with E-state index in [2.05, 4.69) is 9.98 Å².